The Morgan fingerprint density at radius 2 is 1.90 bits per heavy atom. The molecule has 106 valence electrons. The predicted molar refractivity (Wildman–Crippen MR) is 89.6 cm³/mol. The number of aromatic nitrogens is 2. The zero-order valence-electron chi connectivity index (χ0n) is 11.6. The molecule has 2 aromatic rings. The third-order valence-electron chi connectivity index (χ3n) is 4.27. The first-order valence-electron chi connectivity index (χ1n) is 7.26. The van der Waals surface area contributed by atoms with E-state index in [0.717, 1.165) is 22.0 Å². The molecule has 20 heavy (non-hydrogen) atoms. The summed E-state index contributed by atoms with van der Waals surface area (Å²) in [6.45, 7) is 0. The van der Waals surface area contributed by atoms with Gasteiger partial charge in [-0.1, -0.05) is 37.5 Å². The Balaban J connectivity index is 1.79. The summed E-state index contributed by atoms with van der Waals surface area (Å²) in [4.78, 5) is 8.82. The van der Waals surface area contributed by atoms with E-state index in [1.54, 1.807) is 6.33 Å². The second kappa shape index (κ2) is 6.35. The highest BCUT2D eigenvalue weighted by Gasteiger charge is 2.31. The Kier molecular flexibility index (Phi) is 4.51. The predicted octanol–water partition coefficient (Wildman–Crippen LogP) is 4.60. The standard InChI is InChI=1S/C16H20N2S2/c19-10-16(8-4-1-5-9-16)11-20-15-13-6-2-3-7-14(13)17-12-18-15/h2-3,6-7,12,19H,1,4-5,8-11H2. The first-order valence-corrected chi connectivity index (χ1v) is 8.88. The lowest BCUT2D eigenvalue weighted by molar-refractivity contribution is 0.259. The molecule has 1 saturated carbocycles. The number of hydrogen-bond acceptors (Lipinski definition) is 4. The van der Waals surface area contributed by atoms with Gasteiger partial charge in [-0.05, 0) is 30.1 Å². The van der Waals surface area contributed by atoms with Gasteiger partial charge in [-0.25, -0.2) is 9.97 Å². The molecule has 1 aliphatic carbocycles. The fraction of sp³-hybridized carbons (Fsp3) is 0.500. The number of thiol groups is 1. The molecule has 0 N–H and O–H groups in total. The summed E-state index contributed by atoms with van der Waals surface area (Å²) in [7, 11) is 0. The van der Waals surface area contributed by atoms with Crippen LogP contribution in [-0.4, -0.2) is 21.5 Å². The summed E-state index contributed by atoms with van der Waals surface area (Å²) in [5.41, 5.74) is 1.44. The van der Waals surface area contributed by atoms with E-state index in [4.69, 9.17) is 0 Å². The highest BCUT2D eigenvalue weighted by atomic mass is 32.2. The van der Waals surface area contributed by atoms with Crippen LogP contribution in [0.2, 0.25) is 0 Å². The molecule has 0 radical (unpaired) electrons. The zero-order chi connectivity index (χ0) is 13.8. The van der Waals surface area contributed by atoms with E-state index in [0.29, 0.717) is 5.41 Å². The van der Waals surface area contributed by atoms with Crippen molar-refractivity contribution in [3.63, 3.8) is 0 Å². The van der Waals surface area contributed by atoms with Gasteiger partial charge in [0, 0.05) is 11.1 Å². The summed E-state index contributed by atoms with van der Waals surface area (Å²) in [6.07, 6.45) is 8.39. The molecule has 4 heteroatoms. The molecule has 3 rings (SSSR count). The van der Waals surface area contributed by atoms with Crippen molar-refractivity contribution >= 4 is 35.3 Å². The number of thioether (sulfide) groups is 1. The average Bonchev–Trinajstić information content (AvgIpc) is 2.54. The van der Waals surface area contributed by atoms with E-state index in [1.165, 1.54) is 37.5 Å². The van der Waals surface area contributed by atoms with Gasteiger partial charge in [0.05, 0.1) is 5.52 Å². The number of benzene rings is 1. The van der Waals surface area contributed by atoms with Crippen molar-refractivity contribution in [1.29, 1.82) is 0 Å². The fourth-order valence-corrected chi connectivity index (χ4v) is 4.83. The summed E-state index contributed by atoms with van der Waals surface area (Å²) in [5.74, 6) is 2.11. The molecule has 1 aromatic heterocycles. The SMILES string of the molecule is SCC1(CSc2ncnc3ccccc23)CCCCC1. The monoisotopic (exact) mass is 304 g/mol. The maximum Gasteiger partial charge on any atom is 0.117 e. The number of rotatable bonds is 4. The number of hydrogen-bond donors (Lipinski definition) is 1. The smallest absolute Gasteiger partial charge is 0.117 e. The van der Waals surface area contributed by atoms with Crippen LogP contribution in [0.1, 0.15) is 32.1 Å². The first kappa shape index (κ1) is 14.2. The van der Waals surface area contributed by atoms with Crippen LogP contribution in [0.25, 0.3) is 10.9 Å². The minimum atomic E-state index is 0.401. The van der Waals surface area contributed by atoms with Gasteiger partial charge in [0.1, 0.15) is 11.4 Å². The van der Waals surface area contributed by atoms with Crippen molar-refractivity contribution in [2.24, 2.45) is 5.41 Å². The maximum absolute atomic E-state index is 4.62. The van der Waals surface area contributed by atoms with Crippen LogP contribution in [-0.2, 0) is 0 Å². The Hall–Kier alpha value is -0.740. The van der Waals surface area contributed by atoms with Gasteiger partial charge in [0.2, 0.25) is 0 Å². The van der Waals surface area contributed by atoms with Crippen molar-refractivity contribution in [1.82, 2.24) is 9.97 Å². The molecule has 2 nitrogen and oxygen atoms in total. The van der Waals surface area contributed by atoms with Gasteiger partial charge in [-0.3, -0.25) is 0 Å². The minimum Gasteiger partial charge on any atom is -0.236 e. The highest BCUT2D eigenvalue weighted by Crippen LogP contribution is 2.41. The zero-order valence-corrected chi connectivity index (χ0v) is 13.3. The molecule has 0 spiro atoms. The lowest BCUT2D eigenvalue weighted by atomic mass is 9.77. The average molecular weight is 304 g/mol. The molecule has 1 heterocycles. The Bertz CT molecular complexity index is 574. The molecule has 0 saturated heterocycles. The molecule has 0 atom stereocenters. The lowest BCUT2D eigenvalue weighted by Gasteiger charge is -2.35. The van der Waals surface area contributed by atoms with Crippen LogP contribution in [0.5, 0.6) is 0 Å². The van der Waals surface area contributed by atoms with Crippen LogP contribution in [0.4, 0.5) is 0 Å². The van der Waals surface area contributed by atoms with Crippen molar-refractivity contribution in [3.8, 4) is 0 Å². The van der Waals surface area contributed by atoms with E-state index in [2.05, 4.69) is 40.8 Å². The number of para-hydroxylation sites is 1. The number of nitrogens with zero attached hydrogens (tertiary/aromatic N) is 2. The van der Waals surface area contributed by atoms with Gasteiger partial charge in [-0.2, -0.15) is 12.6 Å². The van der Waals surface area contributed by atoms with Crippen LogP contribution < -0.4 is 0 Å². The molecule has 0 aliphatic heterocycles. The third kappa shape index (κ3) is 2.96. The van der Waals surface area contributed by atoms with Gasteiger partial charge in [-0.15, -0.1) is 11.8 Å². The largest absolute Gasteiger partial charge is 0.236 e. The van der Waals surface area contributed by atoms with Gasteiger partial charge < -0.3 is 0 Å². The van der Waals surface area contributed by atoms with Crippen LogP contribution in [0, 0.1) is 5.41 Å². The summed E-state index contributed by atoms with van der Waals surface area (Å²) < 4.78 is 0. The maximum atomic E-state index is 4.62. The molecule has 1 aromatic carbocycles. The summed E-state index contributed by atoms with van der Waals surface area (Å²) in [5, 5.41) is 2.28. The molecule has 1 aliphatic rings. The van der Waals surface area contributed by atoms with Gasteiger partial charge >= 0.3 is 0 Å². The minimum absolute atomic E-state index is 0.401. The topological polar surface area (TPSA) is 25.8 Å². The van der Waals surface area contributed by atoms with E-state index in [9.17, 15) is 0 Å². The van der Waals surface area contributed by atoms with Gasteiger partial charge in [0.15, 0.2) is 0 Å². The summed E-state index contributed by atoms with van der Waals surface area (Å²) >= 11 is 6.50. The number of fused-ring (bicyclic) bond motifs is 1. The first-order chi connectivity index (χ1) is 9.83. The molecule has 0 bridgehead atoms. The van der Waals surface area contributed by atoms with E-state index >= 15 is 0 Å². The van der Waals surface area contributed by atoms with E-state index < -0.39 is 0 Å². The van der Waals surface area contributed by atoms with Gasteiger partial charge in [0.25, 0.3) is 0 Å². The normalized spacial score (nSPS) is 18.2. The van der Waals surface area contributed by atoms with E-state index in [1.807, 2.05) is 17.8 Å². The lowest BCUT2D eigenvalue weighted by Crippen LogP contribution is -2.28. The van der Waals surface area contributed by atoms with Crippen molar-refractivity contribution in [3.05, 3.63) is 30.6 Å². The Labute approximate surface area is 130 Å². The van der Waals surface area contributed by atoms with Crippen molar-refractivity contribution in [2.75, 3.05) is 11.5 Å². The third-order valence-corrected chi connectivity index (χ3v) is 6.30. The Morgan fingerprint density at radius 1 is 1.10 bits per heavy atom. The van der Waals surface area contributed by atoms with Crippen molar-refractivity contribution < 1.29 is 0 Å². The Morgan fingerprint density at radius 3 is 2.70 bits per heavy atom. The molecule has 0 unspecified atom stereocenters. The molecular weight excluding hydrogens is 284 g/mol. The van der Waals surface area contributed by atoms with Crippen LogP contribution in [0.3, 0.4) is 0 Å². The molecule has 1 fully saturated rings. The van der Waals surface area contributed by atoms with E-state index in [-0.39, 0.29) is 0 Å². The second-order valence-electron chi connectivity index (χ2n) is 5.70. The quantitative estimate of drug-likeness (QED) is 0.508. The van der Waals surface area contributed by atoms with Crippen LogP contribution in [0.15, 0.2) is 35.6 Å². The highest BCUT2D eigenvalue weighted by molar-refractivity contribution is 7.99. The summed E-state index contributed by atoms with van der Waals surface area (Å²) in [6, 6.07) is 8.26. The molecule has 0 amide bonds. The molecular formula is C16H20N2S2. The fourth-order valence-electron chi connectivity index (χ4n) is 2.97. The van der Waals surface area contributed by atoms with Crippen molar-refractivity contribution in [2.45, 2.75) is 37.1 Å². The van der Waals surface area contributed by atoms with Crippen LogP contribution >= 0.6 is 24.4 Å². The second-order valence-corrected chi connectivity index (χ2v) is 6.98.